The van der Waals surface area contributed by atoms with Gasteiger partial charge in [0.05, 0.1) is 5.52 Å². The highest BCUT2D eigenvalue weighted by molar-refractivity contribution is 5.89. The Kier molecular flexibility index (Phi) is 7.54. The summed E-state index contributed by atoms with van der Waals surface area (Å²) in [6, 6.07) is 19.2. The maximum Gasteiger partial charge on any atom is 0.328 e. The zero-order chi connectivity index (χ0) is 20.5. The third-order valence-corrected chi connectivity index (χ3v) is 4.03. The minimum absolute atomic E-state index is 0.558. The fraction of sp³-hybridized carbons (Fsp3) is 0.182. The van der Waals surface area contributed by atoms with E-state index in [1.807, 2.05) is 0 Å². The zero-order valence-corrected chi connectivity index (χ0v) is 15.9. The van der Waals surface area contributed by atoms with E-state index < -0.39 is 11.9 Å². The minimum Gasteiger partial charge on any atom is -0.478 e. The van der Waals surface area contributed by atoms with Gasteiger partial charge in [0.1, 0.15) is 0 Å². The summed E-state index contributed by atoms with van der Waals surface area (Å²) in [5, 5.41) is 17.0. The van der Waals surface area contributed by atoms with E-state index in [1.165, 1.54) is 22.2 Å². The topological polar surface area (TPSA) is 82.8 Å². The van der Waals surface area contributed by atoms with E-state index in [0.29, 0.717) is 12.2 Å². The van der Waals surface area contributed by atoms with Gasteiger partial charge in [-0.2, -0.15) is 0 Å². The van der Waals surface area contributed by atoms with Crippen LogP contribution < -0.4 is 0 Å². The Hall–Kier alpha value is -3.38. The summed E-state index contributed by atoms with van der Waals surface area (Å²) in [6.07, 6.45) is 4.47. The molecule has 0 spiro atoms. The van der Waals surface area contributed by atoms with Crippen LogP contribution in [0.25, 0.3) is 16.6 Å². The molecular formula is C22H24N2O4. The van der Waals surface area contributed by atoms with Crippen molar-refractivity contribution in [2.24, 2.45) is 0 Å². The van der Waals surface area contributed by atoms with Crippen LogP contribution in [-0.2, 0) is 16.0 Å². The van der Waals surface area contributed by atoms with Crippen LogP contribution in [0.15, 0.2) is 72.9 Å². The molecule has 2 aromatic carbocycles. The van der Waals surface area contributed by atoms with E-state index in [0.717, 1.165) is 13.0 Å². The molecule has 0 aliphatic heterocycles. The molecule has 0 bridgehead atoms. The van der Waals surface area contributed by atoms with Gasteiger partial charge in [-0.3, -0.25) is 0 Å². The Morgan fingerprint density at radius 2 is 1.50 bits per heavy atom. The number of aliphatic carboxylic acids is 2. The fourth-order valence-electron chi connectivity index (χ4n) is 2.74. The highest BCUT2D eigenvalue weighted by Gasteiger charge is 2.09. The molecule has 2 N–H and O–H groups in total. The highest BCUT2D eigenvalue weighted by atomic mass is 16.4. The SMILES string of the molecule is CN(C)CCc1cn(-c2ccccc2)c2ccccc12.O=C(O)/C=C/C(=O)O. The number of aromatic nitrogens is 1. The molecule has 0 unspecified atom stereocenters. The maximum atomic E-state index is 9.55. The number of carboxylic acids is 2. The number of carboxylic acid groups (broad SMARTS) is 2. The monoisotopic (exact) mass is 380 g/mol. The Morgan fingerprint density at radius 3 is 2.07 bits per heavy atom. The van der Waals surface area contributed by atoms with Gasteiger partial charge in [-0.25, -0.2) is 9.59 Å². The van der Waals surface area contributed by atoms with Crippen LogP contribution in [0, 0.1) is 0 Å². The van der Waals surface area contributed by atoms with Crippen LogP contribution in [0.5, 0.6) is 0 Å². The first-order chi connectivity index (χ1) is 13.4. The normalized spacial score (nSPS) is 10.8. The van der Waals surface area contributed by atoms with Crippen molar-refractivity contribution in [2.75, 3.05) is 20.6 Å². The molecule has 0 aliphatic carbocycles. The number of likely N-dealkylation sites (N-methyl/N-ethyl adjacent to an activating group) is 1. The molecule has 0 atom stereocenters. The smallest absolute Gasteiger partial charge is 0.328 e. The van der Waals surface area contributed by atoms with Gasteiger partial charge in [-0.1, -0.05) is 36.4 Å². The van der Waals surface area contributed by atoms with E-state index in [4.69, 9.17) is 10.2 Å². The Labute approximate surface area is 163 Å². The molecule has 0 aliphatic rings. The van der Waals surface area contributed by atoms with Crippen molar-refractivity contribution in [1.29, 1.82) is 0 Å². The molecule has 3 aromatic rings. The van der Waals surface area contributed by atoms with E-state index in [9.17, 15) is 9.59 Å². The molecule has 28 heavy (non-hydrogen) atoms. The number of para-hydroxylation sites is 2. The second-order valence-electron chi connectivity index (χ2n) is 6.44. The van der Waals surface area contributed by atoms with Gasteiger partial charge >= 0.3 is 11.9 Å². The fourth-order valence-corrected chi connectivity index (χ4v) is 2.74. The lowest BCUT2D eigenvalue weighted by Gasteiger charge is -2.08. The largest absolute Gasteiger partial charge is 0.478 e. The summed E-state index contributed by atoms with van der Waals surface area (Å²) in [7, 11) is 4.24. The predicted octanol–water partition coefficient (Wildman–Crippen LogP) is 3.45. The predicted molar refractivity (Wildman–Crippen MR) is 110 cm³/mol. The van der Waals surface area contributed by atoms with Crippen LogP contribution in [0.4, 0.5) is 0 Å². The summed E-state index contributed by atoms with van der Waals surface area (Å²) in [6.45, 7) is 1.07. The average molecular weight is 380 g/mol. The van der Waals surface area contributed by atoms with Crippen molar-refractivity contribution in [2.45, 2.75) is 6.42 Å². The quantitative estimate of drug-likeness (QED) is 0.640. The second kappa shape index (κ2) is 10.1. The van der Waals surface area contributed by atoms with Gasteiger partial charge in [-0.05, 0) is 44.3 Å². The van der Waals surface area contributed by atoms with Crippen molar-refractivity contribution in [3.63, 3.8) is 0 Å². The molecule has 0 amide bonds. The number of benzene rings is 2. The average Bonchev–Trinajstić information content (AvgIpc) is 3.05. The summed E-state index contributed by atoms with van der Waals surface area (Å²) in [5.74, 6) is -2.51. The molecule has 0 radical (unpaired) electrons. The van der Waals surface area contributed by atoms with Crippen LogP contribution >= 0.6 is 0 Å². The molecule has 146 valence electrons. The van der Waals surface area contributed by atoms with E-state index in [-0.39, 0.29) is 0 Å². The molecule has 6 heteroatoms. The number of nitrogens with zero attached hydrogens (tertiary/aromatic N) is 2. The summed E-state index contributed by atoms with van der Waals surface area (Å²) < 4.78 is 2.29. The van der Waals surface area contributed by atoms with E-state index >= 15 is 0 Å². The third-order valence-electron chi connectivity index (χ3n) is 4.03. The first kappa shape index (κ1) is 20.9. The maximum absolute atomic E-state index is 9.55. The molecule has 0 saturated carbocycles. The number of fused-ring (bicyclic) bond motifs is 1. The van der Waals surface area contributed by atoms with Crippen molar-refractivity contribution < 1.29 is 19.8 Å². The second-order valence-corrected chi connectivity index (χ2v) is 6.44. The number of hydrogen-bond donors (Lipinski definition) is 2. The highest BCUT2D eigenvalue weighted by Crippen LogP contribution is 2.25. The summed E-state index contributed by atoms with van der Waals surface area (Å²) >= 11 is 0. The first-order valence-corrected chi connectivity index (χ1v) is 8.81. The standard InChI is InChI=1S/C18H20N2.C4H4O4/c1-19(2)13-12-15-14-20(16-8-4-3-5-9-16)18-11-7-6-10-17(15)18;5-3(6)1-2-4(7)8/h3-11,14H,12-13H2,1-2H3;1-2H,(H,5,6)(H,7,8)/b;2-1+. The summed E-state index contributed by atoms with van der Waals surface area (Å²) in [4.78, 5) is 21.3. The molecule has 3 rings (SSSR count). The third kappa shape index (κ3) is 6.10. The Morgan fingerprint density at radius 1 is 0.929 bits per heavy atom. The number of hydrogen-bond acceptors (Lipinski definition) is 3. The van der Waals surface area contributed by atoms with E-state index in [2.05, 4.69) is 84.4 Å². The lowest BCUT2D eigenvalue weighted by molar-refractivity contribution is -0.134. The Balaban J connectivity index is 0.000000300. The molecule has 6 nitrogen and oxygen atoms in total. The van der Waals surface area contributed by atoms with E-state index in [1.54, 1.807) is 0 Å². The Bertz CT molecular complexity index is 943. The van der Waals surface area contributed by atoms with Crippen LogP contribution in [0.3, 0.4) is 0 Å². The minimum atomic E-state index is -1.26. The number of carbonyl (C=O) groups is 2. The summed E-state index contributed by atoms with van der Waals surface area (Å²) in [5.41, 5.74) is 3.92. The van der Waals surface area contributed by atoms with Gasteiger partial charge in [0, 0.05) is 36.0 Å². The van der Waals surface area contributed by atoms with Gasteiger partial charge in [0.15, 0.2) is 0 Å². The van der Waals surface area contributed by atoms with Gasteiger partial charge in [-0.15, -0.1) is 0 Å². The lowest BCUT2D eigenvalue weighted by atomic mass is 10.1. The molecule has 1 heterocycles. The van der Waals surface area contributed by atoms with Crippen LogP contribution in [0.2, 0.25) is 0 Å². The molecule has 0 saturated heterocycles. The van der Waals surface area contributed by atoms with Gasteiger partial charge < -0.3 is 19.7 Å². The lowest BCUT2D eigenvalue weighted by Crippen LogP contribution is -2.14. The molecule has 0 fully saturated rings. The van der Waals surface area contributed by atoms with Crippen molar-refractivity contribution >= 4 is 22.8 Å². The zero-order valence-electron chi connectivity index (χ0n) is 15.9. The molecule has 1 aromatic heterocycles. The van der Waals surface area contributed by atoms with Gasteiger partial charge in [0.2, 0.25) is 0 Å². The van der Waals surface area contributed by atoms with Crippen LogP contribution in [0.1, 0.15) is 5.56 Å². The molecular weight excluding hydrogens is 356 g/mol. The first-order valence-electron chi connectivity index (χ1n) is 8.81. The van der Waals surface area contributed by atoms with Crippen molar-refractivity contribution in [1.82, 2.24) is 9.47 Å². The van der Waals surface area contributed by atoms with Crippen LogP contribution in [-0.4, -0.2) is 52.3 Å². The van der Waals surface area contributed by atoms with Crippen molar-refractivity contribution in [3.05, 3.63) is 78.5 Å². The van der Waals surface area contributed by atoms with Crippen molar-refractivity contribution in [3.8, 4) is 5.69 Å². The number of rotatable bonds is 6. The van der Waals surface area contributed by atoms with Gasteiger partial charge in [0.25, 0.3) is 0 Å².